The number of anilines is 1. The van der Waals surface area contributed by atoms with Crippen molar-refractivity contribution in [2.75, 3.05) is 65.4 Å². The number of guanidine groups is 1. The van der Waals surface area contributed by atoms with Crippen LogP contribution in [-0.4, -0.2) is 77.4 Å². The first-order valence-electron chi connectivity index (χ1n) is 10.8. The predicted octanol–water partition coefficient (Wildman–Crippen LogP) is 2.18. The quantitative estimate of drug-likeness (QED) is 0.513. The van der Waals surface area contributed by atoms with Crippen LogP contribution in [0.15, 0.2) is 23.2 Å². The highest BCUT2D eigenvalue weighted by molar-refractivity contribution is 5.80. The van der Waals surface area contributed by atoms with Gasteiger partial charge in [-0.05, 0) is 38.3 Å². The molecule has 2 N–H and O–H groups in total. The summed E-state index contributed by atoms with van der Waals surface area (Å²) in [5, 5.41) is 7.11. The van der Waals surface area contributed by atoms with Crippen LogP contribution in [0, 0.1) is 5.92 Å². The van der Waals surface area contributed by atoms with E-state index in [0.29, 0.717) is 12.0 Å². The van der Waals surface area contributed by atoms with Crippen molar-refractivity contribution < 1.29 is 9.47 Å². The van der Waals surface area contributed by atoms with E-state index in [0.717, 1.165) is 49.2 Å². The molecule has 162 valence electrons. The first kappa shape index (κ1) is 21.6. The molecule has 2 fully saturated rings. The molecule has 2 saturated heterocycles. The Bertz CT molecular complexity index is 653. The topological polar surface area (TPSA) is 61.4 Å². The van der Waals surface area contributed by atoms with E-state index in [-0.39, 0.29) is 0 Å². The third-order valence-corrected chi connectivity index (χ3v) is 5.84. The van der Waals surface area contributed by atoms with Crippen LogP contribution in [0.1, 0.15) is 26.2 Å². The Morgan fingerprint density at radius 3 is 2.45 bits per heavy atom. The fourth-order valence-corrected chi connectivity index (χ4v) is 4.22. The minimum absolute atomic E-state index is 0.368. The molecule has 0 amide bonds. The average Bonchev–Trinajstić information content (AvgIpc) is 3.42. The van der Waals surface area contributed by atoms with Crippen molar-refractivity contribution in [1.29, 1.82) is 0 Å². The van der Waals surface area contributed by atoms with Crippen LogP contribution in [-0.2, 0) is 0 Å². The maximum Gasteiger partial charge on any atom is 0.191 e. The van der Waals surface area contributed by atoms with Crippen LogP contribution in [0.4, 0.5) is 5.69 Å². The standard InChI is InChI=1S/C22H37N5O2/c1-17(15-26-8-5-6-9-26)14-24-22(23-2)25-18-7-10-27(16-18)19-11-20(28-3)13-21(12-19)29-4/h11-13,17-18H,5-10,14-16H2,1-4H3,(H2,23,24,25). The molecule has 7 heteroatoms. The normalized spacial score (nSPS) is 21.3. The first-order valence-corrected chi connectivity index (χ1v) is 10.8. The maximum absolute atomic E-state index is 5.41. The van der Waals surface area contributed by atoms with Gasteiger partial charge in [-0.15, -0.1) is 0 Å². The molecule has 3 rings (SSSR count). The van der Waals surface area contributed by atoms with Gasteiger partial charge in [0.1, 0.15) is 11.5 Å². The molecule has 2 heterocycles. The number of rotatable bonds is 8. The van der Waals surface area contributed by atoms with Gasteiger partial charge in [0.2, 0.25) is 0 Å². The number of methoxy groups -OCH3 is 2. The van der Waals surface area contributed by atoms with Crippen LogP contribution < -0.4 is 25.0 Å². The summed E-state index contributed by atoms with van der Waals surface area (Å²) in [4.78, 5) is 9.37. The zero-order valence-electron chi connectivity index (χ0n) is 18.4. The third kappa shape index (κ3) is 6.16. The van der Waals surface area contributed by atoms with Gasteiger partial charge in [-0.3, -0.25) is 4.99 Å². The van der Waals surface area contributed by atoms with Crippen molar-refractivity contribution in [3.8, 4) is 11.5 Å². The Hall–Kier alpha value is -2.15. The lowest BCUT2D eigenvalue weighted by Gasteiger charge is -2.23. The fraction of sp³-hybridized carbons (Fsp3) is 0.682. The van der Waals surface area contributed by atoms with E-state index in [1.807, 2.05) is 13.1 Å². The summed E-state index contributed by atoms with van der Waals surface area (Å²) < 4.78 is 10.8. The summed E-state index contributed by atoms with van der Waals surface area (Å²) >= 11 is 0. The van der Waals surface area contributed by atoms with Gasteiger partial charge in [-0.2, -0.15) is 0 Å². The number of hydrogen-bond donors (Lipinski definition) is 2. The summed E-state index contributed by atoms with van der Waals surface area (Å²) in [5.41, 5.74) is 1.13. The fourth-order valence-electron chi connectivity index (χ4n) is 4.22. The Kier molecular flexibility index (Phi) is 7.86. The number of hydrogen-bond acceptors (Lipinski definition) is 5. The van der Waals surface area contributed by atoms with E-state index in [2.05, 4.69) is 44.5 Å². The summed E-state index contributed by atoms with van der Waals surface area (Å²) in [6, 6.07) is 6.41. The lowest BCUT2D eigenvalue weighted by molar-refractivity contribution is 0.287. The third-order valence-electron chi connectivity index (χ3n) is 5.84. The Balaban J connectivity index is 1.48. The number of nitrogens with zero attached hydrogens (tertiary/aromatic N) is 3. The van der Waals surface area contributed by atoms with Crippen molar-refractivity contribution in [1.82, 2.24) is 15.5 Å². The number of ether oxygens (including phenoxy) is 2. The Morgan fingerprint density at radius 1 is 1.14 bits per heavy atom. The Labute approximate surface area is 175 Å². The second-order valence-electron chi connectivity index (χ2n) is 8.21. The summed E-state index contributed by atoms with van der Waals surface area (Å²) in [6.45, 7) is 8.86. The minimum Gasteiger partial charge on any atom is -0.497 e. The van der Waals surface area contributed by atoms with E-state index in [1.165, 1.54) is 32.5 Å². The molecule has 2 aliphatic heterocycles. The molecule has 2 atom stereocenters. The Morgan fingerprint density at radius 2 is 1.83 bits per heavy atom. The molecule has 0 aliphatic carbocycles. The molecule has 0 aromatic heterocycles. The highest BCUT2D eigenvalue weighted by Gasteiger charge is 2.24. The molecule has 2 unspecified atom stereocenters. The lowest BCUT2D eigenvalue weighted by Crippen LogP contribution is -2.46. The van der Waals surface area contributed by atoms with E-state index in [4.69, 9.17) is 9.47 Å². The van der Waals surface area contributed by atoms with Crippen LogP contribution in [0.2, 0.25) is 0 Å². The molecule has 1 aromatic carbocycles. The first-order chi connectivity index (χ1) is 14.1. The van der Waals surface area contributed by atoms with Crippen LogP contribution in [0.3, 0.4) is 0 Å². The van der Waals surface area contributed by atoms with E-state index in [9.17, 15) is 0 Å². The summed E-state index contributed by atoms with van der Waals surface area (Å²) in [5.74, 6) is 3.14. The van der Waals surface area contributed by atoms with Gasteiger partial charge in [0.25, 0.3) is 0 Å². The van der Waals surface area contributed by atoms with Crippen LogP contribution in [0.25, 0.3) is 0 Å². The SMILES string of the molecule is CN=C(NCC(C)CN1CCCC1)NC1CCN(c2cc(OC)cc(OC)c2)C1. The summed E-state index contributed by atoms with van der Waals surface area (Å²) in [7, 11) is 5.22. The molecule has 2 aliphatic rings. The zero-order valence-corrected chi connectivity index (χ0v) is 18.4. The van der Waals surface area contributed by atoms with Gasteiger partial charge in [0.15, 0.2) is 5.96 Å². The molecule has 0 radical (unpaired) electrons. The van der Waals surface area contributed by atoms with Gasteiger partial charge < -0.3 is 29.9 Å². The lowest BCUT2D eigenvalue weighted by atomic mass is 10.1. The molecule has 1 aromatic rings. The van der Waals surface area contributed by atoms with Crippen molar-refractivity contribution >= 4 is 11.6 Å². The largest absolute Gasteiger partial charge is 0.497 e. The van der Waals surface area contributed by atoms with Gasteiger partial charge in [-0.1, -0.05) is 6.92 Å². The number of likely N-dealkylation sites (tertiary alicyclic amines) is 1. The van der Waals surface area contributed by atoms with E-state index >= 15 is 0 Å². The van der Waals surface area contributed by atoms with Crippen molar-refractivity contribution in [3.05, 3.63) is 18.2 Å². The second-order valence-corrected chi connectivity index (χ2v) is 8.21. The zero-order chi connectivity index (χ0) is 20.6. The number of benzene rings is 1. The smallest absolute Gasteiger partial charge is 0.191 e. The highest BCUT2D eigenvalue weighted by Crippen LogP contribution is 2.30. The van der Waals surface area contributed by atoms with Gasteiger partial charge in [0, 0.05) is 63.2 Å². The molecular formula is C22H37N5O2. The maximum atomic E-state index is 5.41. The molecule has 29 heavy (non-hydrogen) atoms. The predicted molar refractivity (Wildman–Crippen MR) is 119 cm³/mol. The molecule has 7 nitrogen and oxygen atoms in total. The van der Waals surface area contributed by atoms with Crippen molar-refractivity contribution in [2.24, 2.45) is 10.9 Å². The van der Waals surface area contributed by atoms with Crippen LogP contribution >= 0.6 is 0 Å². The van der Waals surface area contributed by atoms with Gasteiger partial charge >= 0.3 is 0 Å². The highest BCUT2D eigenvalue weighted by atomic mass is 16.5. The molecule has 0 saturated carbocycles. The molecular weight excluding hydrogens is 366 g/mol. The molecule has 0 bridgehead atoms. The summed E-state index contributed by atoms with van der Waals surface area (Å²) in [6.07, 6.45) is 3.77. The average molecular weight is 404 g/mol. The van der Waals surface area contributed by atoms with Gasteiger partial charge in [-0.25, -0.2) is 0 Å². The second kappa shape index (κ2) is 10.6. The minimum atomic E-state index is 0.368. The van der Waals surface area contributed by atoms with Crippen molar-refractivity contribution in [3.63, 3.8) is 0 Å². The molecule has 0 spiro atoms. The van der Waals surface area contributed by atoms with E-state index < -0.39 is 0 Å². The monoisotopic (exact) mass is 403 g/mol. The van der Waals surface area contributed by atoms with E-state index in [1.54, 1.807) is 14.2 Å². The number of aliphatic imine (C=N–C) groups is 1. The van der Waals surface area contributed by atoms with Crippen LogP contribution in [0.5, 0.6) is 11.5 Å². The van der Waals surface area contributed by atoms with Gasteiger partial charge in [0.05, 0.1) is 14.2 Å². The van der Waals surface area contributed by atoms with Crippen molar-refractivity contribution in [2.45, 2.75) is 32.2 Å². The number of nitrogens with one attached hydrogen (secondary N) is 2.